The molecule has 13 heavy (non-hydrogen) atoms. The highest BCUT2D eigenvalue weighted by molar-refractivity contribution is 7.85. The Morgan fingerprint density at radius 1 is 1.31 bits per heavy atom. The first-order valence-corrected chi connectivity index (χ1v) is 4.62. The molecule has 5 nitrogen and oxygen atoms in total. The lowest BCUT2D eigenvalue weighted by atomic mass is 10.2. The summed E-state index contributed by atoms with van der Waals surface area (Å²) in [5.41, 5.74) is 0.398. The van der Waals surface area contributed by atoms with Crippen LogP contribution in [0, 0.1) is 6.92 Å². The molecule has 0 saturated heterocycles. The van der Waals surface area contributed by atoms with E-state index in [0.29, 0.717) is 5.56 Å². The summed E-state index contributed by atoms with van der Waals surface area (Å²) in [6.07, 6.45) is 0. The van der Waals surface area contributed by atoms with E-state index in [1.165, 1.54) is 19.1 Å². The van der Waals surface area contributed by atoms with Gasteiger partial charge >= 0.3 is 0 Å². The summed E-state index contributed by atoms with van der Waals surface area (Å²) in [5, 5.41) is 8.93. The van der Waals surface area contributed by atoms with E-state index in [1.807, 2.05) is 0 Å². The standard InChI is InChI=1S/C7H8O4S.H3N/c1-5-2-3-6(8)4-7(5)12(9,10)11;/h2-4,8H,1H3,(H,9,10,11);1H3. The third-order valence-electron chi connectivity index (χ3n) is 1.45. The minimum absolute atomic E-state index is 0. The van der Waals surface area contributed by atoms with Crippen LogP contribution in [0.3, 0.4) is 0 Å². The Balaban J connectivity index is 0.00000144. The highest BCUT2D eigenvalue weighted by Gasteiger charge is 2.12. The second-order valence-electron chi connectivity index (χ2n) is 2.42. The van der Waals surface area contributed by atoms with Gasteiger partial charge in [0, 0.05) is 6.07 Å². The maximum absolute atomic E-state index is 10.7. The molecule has 0 atom stereocenters. The van der Waals surface area contributed by atoms with Crippen molar-refractivity contribution in [1.82, 2.24) is 6.15 Å². The van der Waals surface area contributed by atoms with Gasteiger partial charge in [-0.15, -0.1) is 0 Å². The second kappa shape index (κ2) is 3.73. The number of phenols is 1. The van der Waals surface area contributed by atoms with Crippen LogP contribution in [0.4, 0.5) is 0 Å². The van der Waals surface area contributed by atoms with E-state index in [2.05, 4.69) is 0 Å². The van der Waals surface area contributed by atoms with Crippen molar-refractivity contribution in [3.63, 3.8) is 0 Å². The topological polar surface area (TPSA) is 110 Å². The molecule has 0 aliphatic heterocycles. The van der Waals surface area contributed by atoms with Crippen molar-refractivity contribution in [3.8, 4) is 5.75 Å². The summed E-state index contributed by atoms with van der Waals surface area (Å²) in [6.45, 7) is 1.53. The fourth-order valence-electron chi connectivity index (χ4n) is 0.867. The summed E-state index contributed by atoms with van der Waals surface area (Å²) in [6, 6.07) is 3.77. The molecule has 0 saturated carbocycles. The molecule has 0 radical (unpaired) electrons. The van der Waals surface area contributed by atoms with Crippen molar-refractivity contribution in [1.29, 1.82) is 0 Å². The number of benzene rings is 1. The number of aromatic hydroxyl groups is 1. The predicted molar refractivity (Wildman–Crippen MR) is 47.7 cm³/mol. The normalized spacial score (nSPS) is 10.6. The van der Waals surface area contributed by atoms with E-state index >= 15 is 0 Å². The van der Waals surface area contributed by atoms with Crippen molar-refractivity contribution < 1.29 is 18.1 Å². The molecule has 1 aromatic rings. The van der Waals surface area contributed by atoms with Crippen molar-refractivity contribution >= 4 is 10.1 Å². The quantitative estimate of drug-likeness (QED) is 0.595. The number of aryl methyl sites for hydroxylation is 1. The molecule has 5 N–H and O–H groups in total. The molecule has 0 spiro atoms. The molecule has 0 aliphatic rings. The molecule has 1 aromatic carbocycles. The molecule has 0 bridgehead atoms. The molecule has 74 valence electrons. The zero-order valence-corrected chi connectivity index (χ0v) is 7.87. The molecule has 6 heteroatoms. The van der Waals surface area contributed by atoms with Gasteiger partial charge in [-0.05, 0) is 18.6 Å². The summed E-state index contributed by atoms with van der Waals surface area (Å²) in [7, 11) is -4.22. The van der Waals surface area contributed by atoms with E-state index in [-0.39, 0.29) is 16.8 Å². The maximum atomic E-state index is 10.7. The monoisotopic (exact) mass is 205 g/mol. The Labute approximate surface area is 76.4 Å². The van der Waals surface area contributed by atoms with Gasteiger partial charge in [0.05, 0.1) is 0 Å². The van der Waals surface area contributed by atoms with E-state index < -0.39 is 10.1 Å². The fourth-order valence-corrected chi connectivity index (χ4v) is 1.61. The molecular weight excluding hydrogens is 194 g/mol. The second-order valence-corrected chi connectivity index (χ2v) is 3.81. The van der Waals surface area contributed by atoms with Crippen LogP contribution in [0.15, 0.2) is 23.1 Å². The SMILES string of the molecule is Cc1ccc(O)cc1S(=O)(=O)O.N. The lowest BCUT2D eigenvalue weighted by molar-refractivity contribution is 0.465. The molecular formula is C7H11NO4S. The van der Waals surface area contributed by atoms with E-state index in [4.69, 9.17) is 9.66 Å². The van der Waals surface area contributed by atoms with Crippen LogP contribution in [0.1, 0.15) is 5.56 Å². The molecule has 0 amide bonds. The maximum Gasteiger partial charge on any atom is 0.294 e. The lowest BCUT2D eigenvalue weighted by Gasteiger charge is -2.01. The van der Waals surface area contributed by atoms with Crippen LogP contribution >= 0.6 is 0 Å². The summed E-state index contributed by atoms with van der Waals surface area (Å²) in [4.78, 5) is -0.262. The predicted octanol–water partition coefficient (Wildman–Crippen LogP) is 1.11. The molecule has 0 aromatic heterocycles. The van der Waals surface area contributed by atoms with Gasteiger partial charge in [-0.1, -0.05) is 6.07 Å². The minimum atomic E-state index is -4.22. The van der Waals surface area contributed by atoms with Crippen molar-refractivity contribution in [3.05, 3.63) is 23.8 Å². The van der Waals surface area contributed by atoms with E-state index in [0.717, 1.165) is 6.07 Å². The first kappa shape index (κ1) is 11.9. The number of hydrogen-bond acceptors (Lipinski definition) is 4. The van der Waals surface area contributed by atoms with Crippen LogP contribution < -0.4 is 6.15 Å². The van der Waals surface area contributed by atoms with Gasteiger partial charge in [0.25, 0.3) is 10.1 Å². The van der Waals surface area contributed by atoms with Gasteiger partial charge in [0.1, 0.15) is 10.6 Å². The Morgan fingerprint density at radius 3 is 2.23 bits per heavy atom. The van der Waals surface area contributed by atoms with Crippen LogP contribution in [0.2, 0.25) is 0 Å². The molecule has 0 aliphatic carbocycles. The number of phenolic OH excluding ortho intramolecular Hbond substituents is 1. The first-order chi connectivity index (χ1) is 5.41. The number of rotatable bonds is 1. The lowest BCUT2D eigenvalue weighted by Crippen LogP contribution is -2.00. The summed E-state index contributed by atoms with van der Waals surface area (Å²) in [5.74, 6) is -0.187. The summed E-state index contributed by atoms with van der Waals surface area (Å²) < 4.78 is 30.0. The van der Waals surface area contributed by atoms with Gasteiger partial charge < -0.3 is 11.3 Å². The van der Waals surface area contributed by atoms with Crippen molar-refractivity contribution in [2.75, 3.05) is 0 Å². The zero-order chi connectivity index (χ0) is 9.35. The molecule has 1 rings (SSSR count). The summed E-state index contributed by atoms with van der Waals surface area (Å²) >= 11 is 0. The zero-order valence-electron chi connectivity index (χ0n) is 7.06. The largest absolute Gasteiger partial charge is 0.508 e. The third-order valence-corrected chi connectivity index (χ3v) is 2.45. The van der Waals surface area contributed by atoms with Gasteiger partial charge in [0.2, 0.25) is 0 Å². The van der Waals surface area contributed by atoms with Crippen molar-refractivity contribution in [2.45, 2.75) is 11.8 Å². The Kier molecular flexibility index (Phi) is 3.42. The van der Waals surface area contributed by atoms with E-state index in [9.17, 15) is 8.42 Å². The average Bonchev–Trinajstić information content (AvgIpc) is 1.92. The fraction of sp³-hybridized carbons (Fsp3) is 0.143. The van der Waals surface area contributed by atoms with Crippen LogP contribution in [-0.4, -0.2) is 18.1 Å². The highest BCUT2D eigenvalue weighted by Crippen LogP contribution is 2.19. The van der Waals surface area contributed by atoms with Gasteiger partial charge in [-0.25, -0.2) is 0 Å². The van der Waals surface area contributed by atoms with Gasteiger partial charge in [0.15, 0.2) is 0 Å². The highest BCUT2D eigenvalue weighted by atomic mass is 32.2. The van der Waals surface area contributed by atoms with Gasteiger partial charge in [-0.3, -0.25) is 4.55 Å². The first-order valence-electron chi connectivity index (χ1n) is 3.18. The Hall–Kier alpha value is -1.11. The van der Waals surface area contributed by atoms with Crippen molar-refractivity contribution in [2.24, 2.45) is 0 Å². The van der Waals surface area contributed by atoms with Crippen LogP contribution in [0.5, 0.6) is 5.75 Å². The minimum Gasteiger partial charge on any atom is -0.508 e. The molecule has 0 fully saturated rings. The van der Waals surface area contributed by atoms with E-state index in [1.54, 1.807) is 0 Å². The molecule has 0 heterocycles. The Bertz CT molecular complexity index is 399. The van der Waals surface area contributed by atoms with Gasteiger partial charge in [-0.2, -0.15) is 8.42 Å². The molecule has 0 unspecified atom stereocenters. The Morgan fingerprint density at radius 2 is 1.85 bits per heavy atom. The third kappa shape index (κ3) is 2.69. The van der Waals surface area contributed by atoms with Crippen LogP contribution in [0.25, 0.3) is 0 Å². The average molecular weight is 205 g/mol. The smallest absolute Gasteiger partial charge is 0.294 e. The number of hydrogen-bond donors (Lipinski definition) is 3. The van der Waals surface area contributed by atoms with Crippen LogP contribution in [-0.2, 0) is 10.1 Å².